The van der Waals surface area contributed by atoms with E-state index in [0.717, 1.165) is 17.7 Å². The largest absolute Gasteiger partial charge is 0.356 e. The molecule has 2 heterocycles. The third kappa shape index (κ3) is 6.33. The van der Waals surface area contributed by atoms with Gasteiger partial charge in [-0.05, 0) is 48.9 Å². The van der Waals surface area contributed by atoms with E-state index in [4.69, 9.17) is 16.1 Å². The van der Waals surface area contributed by atoms with Gasteiger partial charge < -0.3 is 14.7 Å². The average Bonchev–Trinajstić information content (AvgIpc) is 3.17. The number of halogens is 1. The lowest BCUT2D eigenvalue weighted by atomic mass is 9.94. The summed E-state index contributed by atoms with van der Waals surface area (Å²) in [4.78, 5) is 27.7. The highest BCUT2D eigenvalue weighted by Crippen LogP contribution is 2.24. The molecule has 1 saturated heterocycles. The summed E-state index contributed by atoms with van der Waals surface area (Å²) in [5, 5.41) is 7.89. The second-order valence-corrected chi connectivity index (χ2v) is 9.65. The van der Waals surface area contributed by atoms with Gasteiger partial charge in [-0.25, -0.2) is 0 Å². The van der Waals surface area contributed by atoms with Gasteiger partial charge in [0.1, 0.15) is 6.04 Å². The van der Waals surface area contributed by atoms with Crippen molar-refractivity contribution in [2.75, 3.05) is 6.54 Å². The summed E-state index contributed by atoms with van der Waals surface area (Å²) in [6, 6.07) is 8.79. The van der Waals surface area contributed by atoms with Crippen molar-refractivity contribution < 1.29 is 14.1 Å². The van der Waals surface area contributed by atoms with Gasteiger partial charge in [-0.15, -0.1) is 0 Å². The standard InChI is InChI=1S/C24H32ClN3O3/c1-15(2)11-20-14-28(21(12-16(3)4)24(30)26-20)23(29)10-9-19-13-22(31-27-19)17-5-7-18(25)8-6-17/h5-8,13,15-16,20-21H,9-12,14H2,1-4H3,(H,26,30). The number of hydrogen-bond donors (Lipinski definition) is 1. The van der Waals surface area contributed by atoms with Gasteiger partial charge in [0.05, 0.1) is 5.69 Å². The van der Waals surface area contributed by atoms with Crippen LogP contribution in [-0.2, 0) is 16.0 Å². The fraction of sp³-hybridized carbons (Fsp3) is 0.542. The monoisotopic (exact) mass is 445 g/mol. The molecule has 1 aromatic carbocycles. The Balaban J connectivity index is 1.66. The van der Waals surface area contributed by atoms with Crippen LogP contribution in [0.2, 0.25) is 5.02 Å². The summed E-state index contributed by atoms with van der Waals surface area (Å²) in [7, 11) is 0. The molecule has 7 heteroatoms. The first-order valence-electron chi connectivity index (χ1n) is 11.0. The topological polar surface area (TPSA) is 75.4 Å². The van der Waals surface area contributed by atoms with Crippen LogP contribution in [0.25, 0.3) is 11.3 Å². The number of amides is 2. The maximum atomic E-state index is 13.1. The lowest BCUT2D eigenvalue weighted by molar-refractivity contribution is -0.145. The van der Waals surface area contributed by atoms with Crippen molar-refractivity contribution in [3.8, 4) is 11.3 Å². The van der Waals surface area contributed by atoms with E-state index in [1.807, 2.05) is 18.2 Å². The molecule has 0 saturated carbocycles. The normalized spacial score (nSPS) is 19.2. The predicted octanol–water partition coefficient (Wildman–Crippen LogP) is 4.72. The molecule has 1 N–H and O–H groups in total. The van der Waals surface area contributed by atoms with E-state index in [2.05, 4.69) is 38.2 Å². The van der Waals surface area contributed by atoms with Crippen molar-refractivity contribution in [1.29, 1.82) is 0 Å². The molecule has 3 rings (SSSR count). The first-order valence-corrected chi connectivity index (χ1v) is 11.4. The molecule has 1 aliphatic heterocycles. The number of carbonyl (C=O) groups is 2. The Kier molecular flexibility index (Phi) is 7.76. The van der Waals surface area contributed by atoms with Gasteiger partial charge >= 0.3 is 0 Å². The zero-order chi connectivity index (χ0) is 22.5. The van der Waals surface area contributed by atoms with Crippen molar-refractivity contribution in [3.05, 3.63) is 41.0 Å². The van der Waals surface area contributed by atoms with Crippen LogP contribution in [0.4, 0.5) is 0 Å². The molecule has 2 unspecified atom stereocenters. The molecule has 2 amide bonds. The molecule has 1 aliphatic rings. The van der Waals surface area contributed by atoms with E-state index >= 15 is 0 Å². The molecule has 0 radical (unpaired) electrons. The lowest BCUT2D eigenvalue weighted by Gasteiger charge is -2.40. The summed E-state index contributed by atoms with van der Waals surface area (Å²) in [6.45, 7) is 8.96. The second-order valence-electron chi connectivity index (χ2n) is 9.22. The third-order valence-electron chi connectivity index (χ3n) is 5.50. The van der Waals surface area contributed by atoms with Gasteiger partial charge in [-0.3, -0.25) is 9.59 Å². The Bertz CT molecular complexity index is 892. The highest BCUT2D eigenvalue weighted by molar-refractivity contribution is 6.30. The van der Waals surface area contributed by atoms with Crippen LogP contribution in [0, 0.1) is 11.8 Å². The Morgan fingerprint density at radius 1 is 1.19 bits per heavy atom. The minimum atomic E-state index is -0.405. The Hall–Kier alpha value is -2.34. The number of aromatic nitrogens is 1. The number of carbonyl (C=O) groups excluding carboxylic acids is 2. The van der Waals surface area contributed by atoms with E-state index in [0.29, 0.717) is 48.4 Å². The summed E-state index contributed by atoms with van der Waals surface area (Å²) in [5.74, 6) is 1.37. The summed E-state index contributed by atoms with van der Waals surface area (Å²) in [6.07, 6.45) is 2.29. The Morgan fingerprint density at radius 3 is 2.52 bits per heavy atom. The number of nitrogens with zero attached hydrogens (tertiary/aromatic N) is 2. The zero-order valence-corrected chi connectivity index (χ0v) is 19.5. The van der Waals surface area contributed by atoms with Crippen LogP contribution >= 0.6 is 11.6 Å². The Labute approximate surface area is 189 Å². The minimum absolute atomic E-state index is 0.00317. The fourth-order valence-corrected chi connectivity index (χ4v) is 4.19. The first-order chi connectivity index (χ1) is 14.7. The average molecular weight is 446 g/mol. The first kappa shape index (κ1) is 23.3. The molecule has 0 spiro atoms. The van der Waals surface area contributed by atoms with E-state index in [-0.39, 0.29) is 17.9 Å². The molecule has 2 aromatic rings. The maximum absolute atomic E-state index is 13.1. The van der Waals surface area contributed by atoms with E-state index in [1.54, 1.807) is 17.0 Å². The quantitative estimate of drug-likeness (QED) is 0.638. The highest BCUT2D eigenvalue weighted by atomic mass is 35.5. The maximum Gasteiger partial charge on any atom is 0.243 e. The predicted molar refractivity (Wildman–Crippen MR) is 122 cm³/mol. The van der Waals surface area contributed by atoms with Gasteiger partial charge in [0.25, 0.3) is 0 Å². The lowest BCUT2D eigenvalue weighted by Crippen LogP contribution is -2.62. The van der Waals surface area contributed by atoms with Crippen LogP contribution in [0.15, 0.2) is 34.9 Å². The molecule has 0 bridgehead atoms. The van der Waals surface area contributed by atoms with Gasteiger partial charge in [0, 0.05) is 42.1 Å². The van der Waals surface area contributed by atoms with E-state index < -0.39 is 6.04 Å². The van der Waals surface area contributed by atoms with Gasteiger partial charge in [-0.1, -0.05) is 44.5 Å². The number of hydrogen-bond acceptors (Lipinski definition) is 4. The highest BCUT2D eigenvalue weighted by Gasteiger charge is 2.37. The smallest absolute Gasteiger partial charge is 0.243 e. The molecule has 1 aromatic heterocycles. The number of nitrogens with one attached hydrogen (secondary N) is 1. The zero-order valence-electron chi connectivity index (χ0n) is 18.7. The van der Waals surface area contributed by atoms with Crippen molar-refractivity contribution >= 4 is 23.4 Å². The van der Waals surface area contributed by atoms with E-state index in [1.165, 1.54) is 0 Å². The number of piperazine rings is 1. The molecular weight excluding hydrogens is 414 g/mol. The molecule has 6 nitrogen and oxygen atoms in total. The molecule has 168 valence electrons. The fourth-order valence-electron chi connectivity index (χ4n) is 4.07. The van der Waals surface area contributed by atoms with Crippen LogP contribution in [-0.4, -0.2) is 40.5 Å². The number of benzene rings is 1. The molecule has 1 fully saturated rings. The summed E-state index contributed by atoms with van der Waals surface area (Å²) < 4.78 is 5.44. The van der Waals surface area contributed by atoms with Gasteiger partial charge in [-0.2, -0.15) is 0 Å². The summed E-state index contributed by atoms with van der Waals surface area (Å²) >= 11 is 5.94. The van der Waals surface area contributed by atoms with Crippen LogP contribution < -0.4 is 5.32 Å². The Morgan fingerprint density at radius 2 is 1.87 bits per heavy atom. The van der Waals surface area contributed by atoms with Gasteiger partial charge in [0.15, 0.2) is 5.76 Å². The van der Waals surface area contributed by atoms with Crippen molar-refractivity contribution in [2.45, 2.75) is 65.5 Å². The second kappa shape index (κ2) is 10.3. The molecule has 0 aliphatic carbocycles. The van der Waals surface area contributed by atoms with Crippen LogP contribution in [0.3, 0.4) is 0 Å². The molecule has 31 heavy (non-hydrogen) atoms. The number of rotatable bonds is 8. The van der Waals surface area contributed by atoms with Crippen molar-refractivity contribution in [1.82, 2.24) is 15.4 Å². The minimum Gasteiger partial charge on any atom is -0.356 e. The summed E-state index contributed by atoms with van der Waals surface area (Å²) in [5.41, 5.74) is 1.61. The van der Waals surface area contributed by atoms with E-state index in [9.17, 15) is 9.59 Å². The van der Waals surface area contributed by atoms with Crippen LogP contribution in [0.5, 0.6) is 0 Å². The van der Waals surface area contributed by atoms with Crippen molar-refractivity contribution in [3.63, 3.8) is 0 Å². The SMILES string of the molecule is CC(C)CC1CN(C(=O)CCc2cc(-c3ccc(Cl)cc3)on2)C(CC(C)C)C(=O)N1. The van der Waals surface area contributed by atoms with Gasteiger partial charge in [0.2, 0.25) is 11.8 Å². The van der Waals surface area contributed by atoms with Crippen molar-refractivity contribution in [2.24, 2.45) is 11.8 Å². The number of aryl methyl sites for hydroxylation is 1. The van der Waals surface area contributed by atoms with Crippen LogP contribution in [0.1, 0.15) is 52.7 Å². The molecular formula is C24H32ClN3O3. The third-order valence-corrected chi connectivity index (χ3v) is 5.75. The molecule has 2 atom stereocenters.